The maximum atomic E-state index is 13.2. The Hall–Kier alpha value is -2.15. The number of carbonyl (C=O) groups excluding carboxylic acids is 1. The van der Waals surface area contributed by atoms with Gasteiger partial charge >= 0.3 is 6.18 Å². The molecule has 1 amide bonds. The third kappa shape index (κ3) is 4.81. The Morgan fingerprint density at radius 1 is 1.12 bits per heavy atom. The van der Waals surface area contributed by atoms with E-state index in [4.69, 9.17) is 0 Å². The van der Waals surface area contributed by atoms with Crippen molar-refractivity contribution in [1.82, 2.24) is 14.5 Å². The lowest BCUT2D eigenvalue weighted by Crippen LogP contribution is -2.66. The van der Waals surface area contributed by atoms with E-state index in [0.29, 0.717) is 31.9 Å². The van der Waals surface area contributed by atoms with Gasteiger partial charge in [0.2, 0.25) is 5.91 Å². The Balaban J connectivity index is 1.63. The number of amides is 1. The predicted molar refractivity (Wildman–Crippen MR) is 124 cm³/mol. The first kappa shape index (κ1) is 25.0. The van der Waals surface area contributed by atoms with Crippen LogP contribution < -0.4 is 10.2 Å². The van der Waals surface area contributed by atoms with Gasteiger partial charge in [-0.15, -0.1) is 11.3 Å². The van der Waals surface area contributed by atoms with Crippen molar-refractivity contribution < 1.29 is 26.4 Å². The van der Waals surface area contributed by atoms with Gasteiger partial charge in [0.25, 0.3) is 10.0 Å². The highest BCUT2D eigenvalue weighted by molar-refractivity contribution is 7.91. The number of sulfonamides is 1. The van der Waals surface area contributed by atoms with Crippen LogP contribution in [0.3, 0.4) is 0 Å². The second-order valence-corrected chi connectivity index (χ2v) is 12.1. The third-order valence-electron chi connectivity index (χ3n) is 6.51. The number of anilines is 1. The fourth-order valence-corrected chi connectivity index (χ4v) is 7.05. The molecule has 2 aliphatic rings. The van der Waals surface area contributed by atoms with Gasteiger partial charge in [-0.05, 0) is 49.6 Å². The molecule has 2 aliphatic heterocycles. The van der Waals surface area contributed by atoms with Crippen LogP contribution in [-0.2, 0) is 21.0 Å². The maximum absolute atomic E-state index is 13.2. The Bertz CT molecular complexity index is 1120. The number of thiophene rings is 1. The van der Waals surface area contributed by atoms with Crippen molar-refractivity contribution in [2.45, 2.75) is 35.8 Å². The molecule has 0 unspecified atom stereocenters. The van der Waals surface area contributed by atoms with Gasteiger partial charge in [-0.2, -0.15) is 17.5 Å². The summed E-state index contributed by atoms with van der Waals surface area (Å²) in [4.78, 5) is 16.4. The van der Waals surface area contributed by atoms with Crippen molar-refractivity contribution >= 4 is 33.0 Å². The molecule has 0 saturated carbocycles. The smallest absolute Gasteiger partial charge is 0.365 e. The molecule has 1 N–H and O–H groups in total. The Kier molecular flexibility index (Phi) is 6.71. The summed E-state index contributed by atoms with van der Waals surface area (Å²) in [6, 6.07) is 7.82. The van der Waals surface area contributed by atoms with E-state index in [9.17, 15) is 26.4 Å². The molecule has 3 heterocycles. The summed E-state index contributed by atoms with van der Waals surface area (Å²) in [6.45, 7) is 5.77. The first-order valence-corrected chi connectivity index (χ1v) is 13.2. The van der Waals surface area contributed by atoms with Crippen molar-refractivity contribution in [3.8, 4) is 0 Å². The SMILES string of the molecule is CC1(C)C(=O)NCCN1C[C@H]1CN(S(=O)(=O)c2cccs2)CCN1c1ccc(C(F)(F)F)cc1. The number of carbonyl (C=O) groups is 1. The average Bonchev–Trinajstić information content (AvgIpc) is 3.33. The Labute approximate surface area is 201 Å². The van der Waals surface area contributed by atoms with Crippen LogP contribution in [-0.4, -0.2) is 74.4 Å². The molecular formula is C22H27F3N4O3S2. The van der Waals surface area contributed by atoms with Gasteiger partial charge in [-0.3, -0.25) is 9.69 Å². The number of alkyl halides is 3. The molecule has 7 nitrogen and oxygen atoms in total. The van der Waals surface area contributed by atoms with Gasteiger partial charge < -0.3 is 10.2 Å². The van der Waals surface area contributed by atoms with Gasteiger partial charge in [-0.1, -0.05) is 6.07 Å². The number of hydrogen-bond acceptors (Lipinski definition) is 6. The largest absolute Gasteiger partial charge is 0.416 e. The number of piperazine rings is 2. The fourth-order valence-electron chi connectivity index (χ4n) is 4.44. The second kappa shape index (κ2) is 9.14. The van der Waals surface area contributed by atoms with Crippen LogP contribution in [0.25, 0.3) is 0 Å². The minimum Gasteiger partial charge on any atom is -0.365 e. The van der Waals surface area contributed by atoms with Crippen molar-refractivity contribution in [1.29, 1.82) is 0 Å². The van der Waals surface area contributed by atoms with E-state index >= 15 is 0 Å². The van der Waals surface area contributed by atoms with Crippen LogP contribution in [0.1, 0.15) is 19.4 Å². The zero-order valence-corrected chi connectivity index (χ0v) is 20.5. The summed E-state index contributed by atoms with van der Waals surface area (Å²) in [7, 11) is -3.69. The van der Waals surface area contributed by atoms with E-state index in [-0.39, 0.29) is 29.2 Å². The second-order valence-electron chi connectivity index (χ2n) is 8.95. The lowest BCUT2D eigenvalue weighted by molar-refractivity contribution is -0.137. The Morgan fingerprint density at radius 3 is 2.44 bits per heavy atom. The van der Waals surface area contributed by atoms with Gasteiger partial charge in [0.05, 0.1) is 17.1 Å². The minimum atomic E-state index is -4.43. The highest BCUT2D eigenvalue weighted by Crippen LogP contribution is 2.33. The lowest BCUT2D eigenvalue weighted by atomic mass is 9.97. The first-order chi connectivity index (χ1) is 15.9. The number of halogens is 3. The molecule has 1 atom stereocenters. The van der Waals surface area contributed by atoms with Crippen LogP contribution in [0.2, 0.25) is 0 Å². The molecule has 1 aromatic heterocycles. The minimum absolute atomic E-state index is 0.112. The first-order valence-electron chi connectivity index (χ1n) is 10.9. The van der Waals surface area contributed by atoms with Gasteiger partial charge in [-0.25, -0.2) is 8.42 Å². The van der Waals surface area contributed by atoms with Crippen LogP contribution >= 0.6 is 11.3 Å². The van der Waals surface area contributed by atoms with E-state index in [1.54, 1.807) is 17.5 Å². The topological polar surface area (TPSA) is 73.0 Å². The van der Waals surface area contributed by atoms with E-state index in [2.05, 4.69) is 5.32 Å². The van der Waals surface area contributed by atoms with Gasteiger partial charge in [0.1, 0.15) is 4.21 Å². The zero-order chi connectivity index (χ0) is 24.7. The molecule has 0 spiro atoms. The molecule has 0 radical (unpaired) electrons. The van der Waals surface area contributed by atoms with Crippen molar-refractivity contribution in [3.05, 3.63) is 47.3 Å². The maximum Gasteiger partial charge on any atom is 0.416 e. The summed E-state index contributed by atoms with van der Waals surface area (Å²) < 4.78 is 67.2. The number of rotatable bonds is 5. The molecule has 2 fully saturated rings. The number of nitrogens with zero attached hydrogens (tertiary/aromatic N) is 3. The molecule has 0 bridgehead atoms. The standard InChI is InChI=1S/C22H27F3N4O3S2/c1-21(2)20(30)26-9-10-27(21)14-18-15-28(34(31,32)19-4-3-13-33-19)11-12-29(18)17-7-5-16(6-8-17)22(23,24)25/h3-8,13,18H,9-12,14-15H2,1-2H3,(H,26,30)/t18-/m0/s1. The van der Waals surface area contributed by atoms with Crippen molar-refractivity contribution in [2.75, 3.05) is 44.2 Å². The van der Waals surface area contributed by atoms with Gasteiger partial charge in [0, 0.05) is 45.0 Å². The highest BCUT2D eigenvalue weighted by atomic mass is 32.2. The molecular weight excluding hydrogens is 489 g/mol. The van der Waals surface area contributed by atoms with E-state index in [1.165, 1.54) is 16.4 Å². The van der Waals surface area contributed by atoms with Crippen LogP contribution in [0, 0.1) is 0 Å². The van der Waals surface area contributed by atoms with Crippen molar-refractivity contribution in [2.24, 2.45) is 0 Å². The van der Waals surface area contributed by atoms with E-state index in [1.807, 2.05) is 23.6 Å². The van der Waals surface area contributed by atoms with Crippen LogP contribution in [0.15, 0.2) is 46.0 Å². The van der Waals surface area contributed by atoms with Crippen LogP contribution in [0.4, 0.5) is 18.9 Å². The fraction of sp³-hybridized carbons (Fsp3) is 0.500. The molecule has 2 saturated heterocycles. The highest BCUT2D eigenvalue weighted by Gasteiger charge is 2.42. The Morgan fingerprint density at radius 2 is 1.82 bits per heavy atom. The molecule has 186 valence electrons. The van der Waals surface area contributed by atoms with E-state index in [0.717, 1.165) is 23.5 Å². The molecule has 12 heteroatoms. The van der Waals surface area contributed by atoms with Gasteiger partial charge in [0.15, 0.2) is 0 Å². The number of benzene rings is 1. The summed E-state index contributed by atoms with van der Waals surface area (Å²) in [6.07, 6.45) is -4.43. The summed E-state index contributed by atoms with van der Waals surface area (Å²) in [5.41, 5.74) is -0.940. The molecule has 2 aromatic rings. The monoisotopic (exact) mass is 516 g/mol. The number of nitrogens with one attached hydrogen (secondary N) is 1. The quantitative estimate of drug-likeness (QED) is 0.662. The summed E-state index contributed by atoms with van der Waals surface area (Å²) in [5, 5.41) is 4.55. The molecule has 1 aromatic carbocycles. The normalized spacial score (nSPS) is 22.6. The number of hydrogen-bond donors (Lipinski definition) is 1. The summed E-state index contributed by atoms with van der Waals surface area (Å²) in [5.74, 6) is -0.112. The van der Waals surface area contributed by atoms with Crippen molar-refractivity contribution in [3.63, 3.8) is 0 Å². The summed E-state index contributed by atoms with van der Waals surface area (Å²) >= 11 is 1.15. The molecule has 34 heavy (non-hydrogen) atoms. The van der Waals surface area contributed by atoms with Crippen LogP contribution in [0.5, 0.6) is 0 Å². The zero-order valence-electron chi connectivity index (χ0n) is 18.9. The predicted octanol–water partition coefficient (Wildman–Crippen LogP) is 2.86. The molecule has 4 rings (SSSR count). The lowest BCUT2D eigenvalue weighted by Gasteiger charge is -2.48. The molecule has 0 aliphatic carbocycles. The van der Waals surface area contributed by atoms with E-state index < -0.39 is 27.3 Å². The average molecular weight is 517 g/mol. The third-order valence-corrected chi connectivity index (χ3v) is 9.74.